The van der Waals surface area contributed by atoms with E-state index in [2.05, 4.69) is 15.3 Å². The van der Waals surface area contributed by atoms with Gasteiger partial charge in [0.2, 0.25) is 4.96 Å². The molecule has 2 heterocycles. The molecule has 0 fully saturated rings. The third-order valence-corrected chi connectivity index (χ3v) is 4.75. The average molecular weight is 364 g/mol. The Morgan fingerprint density at radius 1 is 0.923 bits per heavy atom. The van der Waals surface area contributed by atoms with Crippen molar-refractivity contribution in [3.05, 3.63) is 59.1 Å². The van der Waals surface area contributed by atoms with E-state index >= 15 is 0 Å². The number of nitrogens with zero attached hydrogens (tertiary/aromatic N) is 4. The standard InChI is InChI=1S/C19H16N4O2S/c1-24-14-10-7-13(8-11-14)9-12-17-22-23-18(20-21-19(23)26-17)15-5-3-4-6-16(15)25-2/h3-12H,1-2H3/b12-9-. The van der Waals surface area contributed by atoms with Crippen LogP contribution in [0.5, 0.6) is 11.5 Å². The lowest BCUT2D eigenvalue weighted by Gasteiger charge is -2.04. The molecule has 130 valence electrons. The van der Waals surface area contributed by atoms with Crippen LogP contribution in [0.2, 0.25) is 0 Å². The number of benzene rings is 2. The third kappa shape index (κ3) is 3.04. The van der Waals surface area contributed by atoms with Gasteiger partial charge in [0, 0.05) is 0 Å². The van der Waals surface area contributed by atoms with Crippen molar-refractivity contribution in [2.45, 2.75) is 0 Å². The van der Waals surface area contributed by atoms with Crippen molar-refractivity contribution in [2.75, 3.05) is 14.2 Å². The molecule has 0 aliphatic rings. The Morgan fingerprint density at radius 2 is 1.73 bits per heavy atom. The lowest BCUT2D eigenvalue weighted by molar-refractivity contribution is 0.415. The molecule has 0 atom stereocenters. The molecular weight excluding hydrogens is 348 g/mol. The zero-order valence-corrected chi connectivity index (χ0v) is 15.1. The van der Waals surface area contributed by atoms with Gasteiger partial charge in [-0.3, -0.25) is 0 Å². The molecule has 0 spiro atoms. The fraction of sp³-hybridized carbons (Fsp3) is 0.105. The van der Waals surface area contributed by atoms with Gasteiger partial charge >= 0.3 is 0 Å². The molecule has 0 aliphatic heterocycles. The van der Waals surface area contributed by atoms with Crippen LogP contribution in [0.25, 0.3) is 28.5 Å². The zero-order chi connectivity index (χ0) is 17.9. The molecule has 2 aromatic carbocycles. The van der Waals surface area contributed by atoms with E-state index < -0.39 is 0 Å². The first-order chi connectivity index (χ1) is 12.8. The van der Waals surface area contributed by atoms with E-state index in [9.17, 15) is 0 Å². The first-order valence-electron chi connectivity index (χ1n) is 7.96. The van der Waals surface area contributed by atoms with E-state index in [0.29, 0.717) is 5.82 Å². The number of aromatic nitrogens is 4. The van der Waals surface area contributed by atoms with Crippen LogP contribution in [-0.4, -0.2) is 34.0 Å². The molecular formula is C19H16N4O2S. The highest BCUT2D eigenvalue weighted by molar-refractivity contribution is 7.17. The maximum absolute atomic E-state index is 5.42. The largest absolute Gasteiger partial charge is 0.497 e. The van der Waals surface area contributed by atoms with Crippen LogP contribution < -0.4 is 9.47 Å². The molecule has 4 aromatic rings. The molecule has 7 heteroatoms. The molecule has 2 aromatic heterocycles. The van der Waals surface area contributed by atoms with Gasteiger partial charge in [-0.2, -0.15) is 9.61 Å². The summed E-state index contributed by atoms with van der Waals surface area (Å²) in [6, 6.07) is 15.6. The predicted octanol–water partition coefficient (Wildman–Crippen LogP) is 4.04. The van der Waals surface area contributed by atoms with Crippen molar-refractivity contribution in [1.29, 1.82) is 0 Å². The normalized spacial score (nSPS) is 11.3. The van der Waals surface area contributed by atoms with E-state index in [0.717, 1.165) is 32.6 Å². The summed E-state index contributed by atoms with van der Waals surface area (Å²) in [7, 11) is 3.30. The molecule has 0 bridgehead atoms. The molecule has 0 radical (unpaired) electrons. The van der Waals surface area contributed by atoms with Crippen LogP contribution in [-0.2, 0) is 0 Å². The summed E-state index contributed by atoms with van der Waals surface area (Å²) in [4.78, 5) is 0.736. The van der Waals surface area contributed by atoms with Crippen molar-refractivity contribution in [3.8, 4) is 22.9 Å². The molecule has 0 saturated heterocycles. The van der Waals surface area contributed by atoms with Crippen molar-refractivity contribution < 1.29 is 9.47 Å². The van der Waals surface area contributed by atoms with Gasteiger partial charge in [0.1, 0.15) is 16.5 Å². The number of para-hydroxylation sites is 1. The number of hydrogen-bond acceptors (Lipinski definition) is 6. The van der Waals surface area contributed by atoms with Crippen LogP contribution in [0.15, 0.2) is 48.5 Å². The van der Waals surface area contributed by atoms with Crippen LogP contribution in [0.4, 0.5) is 0 Å². The number of rotatable bonds is 5. The smallest absolute Gasteiger partial charge is 0.235 e. The highest BCUT2D eigenvalue weighted by Crippen LogP contribution is 2.29. The highest BCUT2D eigenvalue weighted by atomic mass is 32.1. The lowest BCUT2D eigenvalue weighted by atomic mass is 10.2. The maximum atomic E-state index is 5.42. The molecule has 4 rings (SSSR count). The Labute approximate surface area is 154 Å². The Hall–Kier alpha value is -3.19. The molecule has 6 nitrogen and oxygen atoms in total. The molecule has 0 N–H and O–H groups in total. The second-order valence-electron chi connectivity index (χ2n) is 5.47. The summed E-state index contributed by atoms with van der Waals surface area (Å²) < 4.78 is 12.3. The SMILES string of the molecule is COc1ccc(/C=C\c2nn3c(-c4ccccc4OC)nnc3s2)cc1. The first-order valence-corrected chi connectivity index (χ1v) is 8.78. The topological polar surface area (TPSA) is 61.5 Å². The van der Waals surface area contributed by atoms with Gasteiger partial charge in [-0.25, -0.2) is 0 Å². The van der Waals surface area contributed by atoms with Crippen LogP contribution in [0, 0.1) is 0 Å². The lowest BCUT2D eigenvalue weighted by Crippen LogP contribution is -1.94. The van der Waals surface area contributed by atoms with E-state index in [4.69, 9.17) is 9.47 Å². The van der Waals surface area contributed by atoms with Gasteiger partial charge in [0.05, 0.1) is 19.8 Å². The first kappa shape index (κ1) is 16.3. The van der Waals surface area contributed by atoms with Crippen molar-refractivity contribution >= 4 is 28.4 Å². The minimum absolute atomic E-state index is 0.665. The van der Waals surface area contributed by atoms with E-state index in [1.165, 1.54) is 11.3 Å². The Balaban J connectivity index is 1.66. The molecule has 26 heavy (non-hydrogen) atoms. The van der Waals surface area contributed by atoms with Crippen LogP contribution in [0.1, 0.15) is 10.6 Å². The Bertz CT molecular complexity index is 1070. The molecule has 0 aliphatic carbocycles. The monoisotopic (exact) mass is 364 g/mol. The Kier molecular flexibility index (Phi) is 4.37. The van der Waals surface area contributed by atoms with Crippen LogP contribution >= 0.6 is 11.3 Å². The summed E-state index contributed by atoms with van der Waals surface area (Å²) in [5.41, 5.74) is 1.93. The quantitative estimate of drug-likeness (QED) is 0.535. The van der Waals surface area contributed by atoms with E-state index in [1.54, 1.807) is 18.7 Å². The Morgan fingerprint density at radius 3 is 2.50 bits per heavy atom. The summed E-state index contributed by atoms with van der Waals surface area (Å²) in [5.74, 6) is 2.24. The van der Waals surface area contributed by atoms with Crippen LogP contribution in [0.3, 0.4) is 0 Å². The molecule has 0 saturated carbocycles. The molecule has 0 amide bonds. The number of hydrogen-bond donors (Lipinski definition) is 0. The maximum Gasteiger partial charge on any atom is 0.235 e. The van der Waals surface area contributed by atoms with Crippen molar-refractivity contribution in [2.24, 2.45) is 0 Å². The van der Waals surface area contributed by atoms with Gasteiger partial charge in [-0.1, -0.05) is 41.7 Å². The number of methoxy groups -OCH3 is 2. The van der Waals surface area contributed by atoms with E-state index in [-0.39, 0.29) is 0 Å². The summed E-state index contributed by atoms with van der Waals surface area (Å²) in [6.07, 6.45) is 3.97. The third-order valence-electron chi connectivity index (χ3n) is 3.89. The number of ether oxygens (including phenoxy) is 2. The average Bonchev–Trinajstić information content (AvgIpc) is 3.27. The second-order valence-corrected chi connectivity index (χ2v) is 6.45. The highest BCUT2D eigenvalue weighted by Gasteiger charge is 2.15. The fourth-order valence-electron chi connectivity index (χ4n) is 2.58. The summed E-state index contributed by atoms with van der Waals surface area (Å²) in [5, 5.41) is 14.0. The minimum Gasteiger partial charge on any atom is -0.497 e. The number of fused-ring (bicyclic) bond motifs is 1. The van der Waals surface area contributed by atoms with Crippen molar-refractivity contribution in [1.82, 2.24) is 19.8 Å². The van der Waals surface area contributed by atoms with Crippen molar-refractivity contribution in [3.63, 3.8) is 0 Å². The second kappa shape index (κ2) is 6.97. The van der Waals surface area contributed by atoms with Gasteiger partial charge in [-0.15, -0.1) is 10.2 Å². The predicted molar refractivity (Wildman–Crippen MR) is 103 cm³/mol. The van der Waals surface area contributed by atoms with Gasteiger partial charge < -0.3 is 9.47 Å². The van der Waals surface area contributed by atoms with E-state index in [1.807, 2.05) is 60.7 Å². The summed E-state index contributed by atoms with van der Waals surface area (Å²) in [6.45, 7) is 0. The molecule has 0 unspecified atom stereocenters. The fourth-order valence-corrected chi connectivity index (χ4v) is 3.32. The van der Waals surface area contributed by atoms with Gasteiger partial charge in [0.15, 0.2) is 5.82 Å². The minimum atomic E-state index is 0.665. The zero-order valence-electron chi connectivity index (χ0n) is 14.3. The van der Waals surface area contributed by atoms with Gasteiger partial charge in [0.25, 0.3) is 0 Å². The summed E-state index contributed by atoms with van der Waals surface area (Å²) >= 11 is 1.48. The van der Waals surface area contributed by atoms with Gasteiger partial charge in [-0.05, 0) is 35.9 Å².